The van der Waals surface area contributed by atoms with Crippen LogP contribution in [0.1, 0.15) is 120 Å². The van der Waals surface area contributed by atoms with Gasteiger partial charge in [0, 0.05) is 0 Å². The van der Waals surface area contributed by atoms with E-state index < -0.39 is 25.4 Å². The van der Waals surface area contributed by atoms with Crippen molar-refractivity contribution in [2.24, 2.45) is 0 Å². The van der Waals surface area contributed by atoms with Gasteiger partial charge in [0.15, 0.2) is 5.82 Å². The molecular formula is C26H43N4NaO5S3. The van der Waals surface area contributed by atoms with Gasteiger partial charge in [-0.25, -0.2) is 17.9 Å². The maximum Gasteiger partial charge on any atom is 1.00 e. The van der Waals surface area contributed by atoms with E-state index in [0.717, 1.165) is 35.9 Å². The van der Waals surface area contributed by atoms with Crippen LogP contribution >= 0.6 is 12.2 Å². The van der Waals surface area contributed by atoms with E-state index in [-0.39, 0.29) is 51.5 Å². The summed E-state index contributed by atoms with van der Waals surface area (Å²) >= 11 is 5.12. The Morgan fingerprint density at radius 2 is 1.33 bits per heavy atom. The quantitative estimate of drug-likeness (QED) is 0.101. The molecule has 0 amide bonds. The van der Waals surface area contributed by atoms with E-state index in [1.165, 1.54) is 69.9 Å². The van der Waals surface area contributed by atoms with Gasteiger partial charge >= 0.3 is 29.6 Å². The fourth-order valence-electron chi connectivity index (χ4n) is 4.43. The zero-order valence-electron chi connectivity index (χ0n) is 23.7. The molecule has 0 aliphatic carbocycles. The standard InChI is InChI=1S/C26H44N4O5S3.Na/c1-3-4-5-6-7-8-9-10-11-12-13-14-15-16-17-24(38(33,34)35)25-27-28-26(36)30(25)29-37(31,32)23-20-18-22(2)19-21-23;/h18-21,24,29H,3-17H2,1-2H3,(H,28,36)(H,33,34,35);/q;+1/p-1. The van der Waals surface area contributed by atoms with Crippen LogP contribution in [0.25, 0.3) is 0 Å². The van der Waals surface area contributed by atoms with Crippen LogP contribution < -0.4 is 34.4 Å². The van der Waals surface area contributed by atoms with Gasteiger partial charge in [-0.3, -0.25) is 5.10 Å². The zero-order valence-corrected chi connectivity index (χ0v) is 28.1. The number of sulfonamides is 1. The molecule has 39 heavy (non-hydrogen) atoms. The van der Waals surface area contributed by atoms with Crippen LogP contribution in [0.3, 0.4) is 0 Å². The first-order valence-electron chi connectivity index (χ1n) is 13.8. The molecule has 0 fully saturated rings. The molecule has 216 valence electrons. The van der Waals surface area contributed by atoms with Crippen LogP contribution in [0.15, 0.2) is 29.2 Å². The number of unbranched alkanes of at least 4 members (excludes halogenated alkanes) is 13. The Morgan fingerprint density at radius 3 is 1.79 bits per heavy atom. The Balaban J connectivity index is 0.00000760. The third-order valence-corrected chi connectivity index (χ3v) is 9.43. The largest absolute Gasteiger partial charge is 1.00 e. The second-order valence-electron chi connectivity index (χ2n) is 10.00. The number of aryl methyl sites for hydroxylation is 1. The summed E-state index contributed by atoms with van der Waals surface area (Å²) in [5.41, 5.74) is 0.884. The first-order chi connectivity index (χ1) is 18.1. The molecule has 2 rings (SSSR count). The predicted molar refractivity (Wildman–Crippen MR) is 153 cm³/mol. The Labute approximate surface area is 262 Å². The summed E-state index contributed by atoms with van der Waals surface area (Å²) in [5, 5.41) is 4.79. The summed E-state index contributed by atoms with van der Waals surface area (Å²) < 4.78 is 62.7. The van der Waals surface area contributed by atoms with Gasteiger partial charge in [0.25, 0.3) is 10.0 Å². The molecule has 1 atom stereocenters. The number of H-pyrrole nitrogens is 1. The molecule has 0 saturated heterocycles. The minimum atomic E-state index is -4.81. The molecule has 13 heteroatoms. The van der Waals surface area contributed by atoms with E-state index in [1.54, 1.807) is 12.1 Å². The SMILES string of the molecule is CCCCCCCCCCCCCCCCC(c1n[nH]c(=S)n1NS(=O)(=O)c1ccc(C)cc1)S(=O)(=O)[O-].[Na+]. The summed E-state index contributed by atoms with van der Waals surface area (Å²) in [6, 6.07) is 6.14. The smallest absolute Gasteiger partial charge is 0.747 e. The monoisotopic (exact) mass is 610 g/mol. The number of nitrogens with one attached hydrogen (secondary N) is 2. The van der Waals surface area contributed by atoms with E-state index in [1.807, 2.05) is 6.92 Å². The first-order valence-corrected chi connectivity index (χ1v) is 17.1. The molecule has 0 aliphatic heterocycles. The van der Waals surface area contributed by atoms with E-state index in [0.29, 0.717) is 6.42 Å². The number of nitrogens with zero attached hydrogens (tertiary/aromatic N) is 2. The van der Waals surface area contributed by atoms with Crippen molar-refractivity contribution in [1.82, 2.24) is 14.9 Å². The van der Waals surface area contributed by atoms with Crippen molar-refractivity contribution in [3.05, 3.63) is 40.4 Å². The molecule has 0 spiro atoms. The normalized spacial score (nSPS) is 12.7. The van der Waals surface area contributed by atoms with E-state index >= 15 is 0 Å². The van der Waals surface area contributed by atoms with Crippen molar-refractivity contribution >= 4 is 32.4 Å². The van der Waals surface area contributed by atoms with E-state index in [9.17, 15) is 21.4 Å². The van der Waals surface area contributed by atoms with E-state index in [4.69, 9.17) is 12.2 Å². The number of benzene rings is 1. The molecule has 0 radical (unpaired) electrons. The molecule has 0 bridgehead atoms. The second-order valence-corrected chi connectivity index (χ2v) is 13.6. The van der Waals surface area contributed by atoms with Gasteiger partial charge in [-0.15, -0.1) is 0 Å². The number of hydrogen-bond acceptors (Lipinski definition) is 7. The molecule has 1 unspecified atom stereocenters. The Morgan fingerprint density at radius 1 is 0.872 bits per heavy atom. The Kier molecular flexibility index (Phi) is 17.3. The minimum Gasteiger partial charge on any atom is -0.747 e. The average molecular weight is 611 g/mol. The van der Waals surface area contributed by atoms with E-state index in [2.05, 4.69) is 22.0 Å². The predicted octanol–water partition coefficient (Wildman–Crippen LogP) is 3.64. The van der Waals surface area contributed by atoms with Gasteiger partial charge in [0.1, 0.15) is 15.4 Å². The van der Waals surface area contributed by atoms with Crippen LogP contribution in [-0.4, -0.2) is 36.3 Å². The third-order valence-electron chi connectivity index (χ3n) is 6.70. The molecule has 9 nitrogen and oxygen atoms in total. The van der Waals surface area contributed by atoms with Gasteiger partial charge in [0.05, 0.1) is 4.90 Å². The number of aromatic nitrogens is 3. The maximum absolute atomic E-state index is 12.8. The van der Waals surface area contributed by atoms with Crippen molar-refractivity contribution in [3.8, 4) is 0 Å². The van der Waals surface area contributed by atoms with Crippen LogP contribution in [0.4, 0.5) is 0 Å². The van der Waals surface area contributed by atoms with Crippen LogP contribution in [0, 0.1) is 11.7 Å². The Bertz CT molecular complexity index is 1230. The summed E-state index contributed by atoms with van der Waals surface area (Å²) in [6.07, 6.45) is 16.2. The fourth-order valence-corrected chi connectivity index (χ4v) is 6.57. The van der Waals surface area contributed by atoms with Gasteiger partial charge in [-0.2, -0.15) is 13.5 Å². The minimum absolute atomic E-state index is 0. The molecular weight excluding hydrogens is 568 g/mol. The zero-order chi connectivity index (χ0) is 28.0. The van der Waals surface area contributed by atoms with Crippen molar-refractivity contribution in [2.45, 2.75) is 120 Å². The van der Waals surface area contributed by atoms with Crippen molar-refractivity contribution in [2.75, 3.05) is 4.83 Å². The summed E-state index contributed by atoms with van der Waals surface area (Å²) in [6.45, 7) is 4.06. The summed E-state index contributed by atoms with van der Waals surface area (Å²) in [7, 11) is -8.89. The average Bonchev–Trinajstić information content (AvgIpc) is 3.20. The summed E-state index contributed by atoms with van der Waals surface area (Å²) in [4.78, 5) is 2.24. The molecule has 0 aliphatic rings. The maximum atomic E-state index is 12.8. The van der Waals surface area contributed by atoms with Gasteiger partial charge < -0.3 is 4.55 Å². The molecule has 1 aromatic carbocycles. The molecule has 1 aromatic heterocycles. The summed E-state index contributed by atoms with van der Waals surface area (Å²) in [5.74, 6) is -0.254. The van der Waals surface area contributed by atoms with Crippen molar-refractivity contribution in [1.29, 1.82) is 0 Å². The van der Waals surface area contributed by atoms with Crippen LogP contribution in [0.5, 0.6) is 0 Å². The van der Waals surface area contributed by atoms with Gasteiger partial charge in [-0.05, 0) is 37.7 Å². The third kappa shape index (κ3) is 13.2. The number of rotatable bonds is 20. The number of hydrogen-bond donors (Lipinski definition) is 2. The molecule has 0 saturated carbocycles. The first kappa shape index (κ1) is 36.3. The van der Waals surface area contributed by atoms with Gasteiger partial charge in [-0.1, -0.05) is 115 Å². The molecule has 1 heterocycles. The topological polar surface area (TPSA) is 137 Å². The number of aromatic amines is 1. The van der Waals surface area contributed by atoms with Crippen LogP contribution in [-0.2, 0) is 20.1 Å². The second kappa shape index (κ2) is 18.6. The molecule has 2 N–H and O–H groups in total. The van der Waals surface area contributed by atoms with Gasteiger partial charge in [0.2, 0.25) is 4.77 Å². The molecule has 2 aromatic rings. The Hall–Kier alpha value is -0.760. The van der Waals surface area contributed by atoms with Crippen LogP contribution in [0.2, 0.25) is 0 Å². The van der Waals surface area contributed by atoms with Crippen molar-refractivity contribution < 1.29 is 50.9 Å². The van der Waals surface area contributed by atoms with Crippen molar-refractivity contribution in [3.63, 3.8) is 0 Å². The fraction of sp³-hybridized carbons (Fsp3) is 0.692.